The molecule has 3 aliphatic carbocycles. The highest BCUT2D eigenvalue weighted by molar-refractivity contribution is 5.81. The van der Waals surface area contributed by atoms with E-state index in [9.17, 15) is 9.59 Å². The van der Waals surface area contributed by atoms with Gasteiger partial charge < -0.3 is 9.47 Å². The van der Waals surface area contributed by atoms with E-state index >= 15 is 0 Å². The second kappa shape index (κ2) is 4.56. The maximum atomic E-state index is 13.3. The van der Waals surface area contributed by atoms with Gasteiger partial charge >= 0.3 is 11.9 Å². The number of carbonyl (C=O) groups excluding carboxylic acids is 2. The van der Waals surface area contributed by atoms with Crippen molar-refractivity contribution in [2.45, 2.75) is 84.8 Å². The van der Waals surface area contributed by atoms with Crippen LogP contribution >= 0.6 is 0 Å². The zero-order valence-corrected chi connectivity index (χ0v) is 15.6. The van der Waals surface area contributed by atoms with Crippen molar-refractivity contribution in [1.29, 1.82) is 0 Å². The summed E-state index contributed by atoms with van der Waals surface area (Å²) in [5.41, 5.74) is -1.29. The molecule has 1 aliphatic heterocycles. The van der Waals surface area contributed by atoms with Crippen LogP contribution in [-0.4, -0.2) is 23.6 Å². The Morgan fingerprint density at radius 3 is 2.58 bits per heavy atom. The summed E-state index contributed by atoms with van der Waals surface area (Å²) in [6.07, 6.45) is 5.34. The second-order valence-corrected chi connectivity index (χ2v) is 9.95. The van der Waals surface area contributed by atoms with Crippen molar-refractivity contribution in [3.05, 3.63) is 0 Å². The van der Waals surface area contributed by atoms with E-state index in [1.807, 2.05) is 6.92 Å². The molecule has 0 amide bonds. The number of fused-ring (bicyclic) bond motifs is 1. The van der Waals surface area contributed by atoms with Gasteiger partial charge in [0.25, 0.3) is 0 Å². The van der Waals surface area contributed by atoms with Crippen molar-refractivity contribution in [3.8, 4) is 0 Å². The van der Waals surface area contributed by atoms with E-state index in [1.54, 1.807) is 0 Å². The lowest BCUT2D eigenvalue weighted by Crippen LogP contribution is -2.67. The number of esters is 2. The fourth-order valence-corrected chi connectivity index (χ4v) is 6.26. The topological polar surface area (TPSA) is 52.6 Å². The van der Waals surface area contributed by atoms with Gasteiger partial charge in [0.1, 0.15) is 11.7 Å². The fourth-order valence-electron chi connectivity index (χ4n) is 6.26. The summed E-state index contributed by atoms with van der Waals surface area (Å²) < 4.78 is 11.9. The van der Waals surface area contributed by atoms with Gasteiger partial charge in [-0.15, -0.1) is 0 Å². The lowest BCUT2D eigenvalue weighted by molar-refractivity contribution is -0.244. The fraction of sp³-hybridized carbons (Fsp3) is 0.900. The molecule has 0 aromatic carbocycles. The van der Waals surface area contributed by atoms with Crippen LogP contribution in [0.25, 0.3) is 0 Å². The first-order chi connectivity index (χ1) is 11.1. The highest BCUT2D eigenvalue weighted by Gasteiger charge is 2.84. The van der Waals surface area contributed by atoms with Crippen LogP contribution in [0.3, 0.4) is 0 Å². The summed E-state index contributed by atoms with van der Waals surface area (Å²) in [5.74, 6) is 0.366. The molecule has 4 fully saturated rings. The Morgan fingerprint density at radius 2 is 1.96 bits per heavy atom. The van der Waals surface area contributed by atoms with Crippen LogP contribution in [0.15, 0.2) is 0 Å². The van der Waals surface area contributed by atoms with E-state index in [2.05, 4.69) is 27.7 Å². The summed E-state index contributed by atoms with van der Waals surface area (Å²) in [5, 5.41) is 0. The first-order valence-corrected chi connectivity index (χ1v) is 9.53. The normalized spacial score (nSPS) is 44.5. The molecule has 4 heteroatoms. The molecule has 1 heterocycles. The molecule has 6 atom stereocenters. The lowest BCUT2D eigenvalue weighted by atomic mass is 9.51. The molecule has 1 saturated heterocycles. The molecule has 24 heavy (non-hydrogen) atoms. The number of hydrogen-bond acceptors (Lipinski definition) is 4. The number of hydrogen-bond donors (Lipinski definition) is 0. The highest BCUT2D eigenvalue weighted by Crippen LogP contribution is 2.77. The third-order valence-corrected chi connectivity index (χ3v) is 8.06. The Morgan fingerprint density at radius 1 is 1.25 bits per heavy atom. The van der Waals surface area contributed by atoms with Crippen molar-refractivity contribution in [2.75, 3.05) is 0 Å². The Hall–Kier alpha value is -1.06. The van der Waals surface area contributed by atoms with Gasteiger partial charge in [-0.2, -0.15) is 0 Å². The zero-order valence-electron chi connectivity index (χ0n) is 15.6. The summed E-state index contributed by atoms with van der Waals surface area (Å²) >= 11 is 0. The molecular weight excluding hydrogens is 304 g/mol. The molecule has 4 aliphatic rings. The number of ether oxygens (including phenoxy) is 2. The maximum Gasteiger partial charge on any atom is 0.312 e. The van der Waals surface area contributed by atoms with Crippen molar-refractivity contribution in [3.63, 3.8) is 0 Å². The standard InChI is InChI=1S/C20H30O4/c1-6-7-18(5,17(2,3)4)16(22)24-19-9-12-8-13-15(21)23-14(11-19)20(13,19)10-12/h12-14H,6-11H2,1-5H3. The van der Waals surface area contributed by atoms with E-state index in [0.717, 1.165) is 32.1 Å². The lowest BCUT2D eigenvalue weighted by Gasteiger charge is -2.58. The predicted molar refractivity (Wildman–Crippen MR) is 89.1 cm³/mol. The van der Waals surface area contributed by atoms with Crippen LogP contribution in [0.4, 0.5) is 0 Å². The molecular formula is C20H30O4. The molecule has 0 radical (unpaired) electrons. The van der Waals surface area contributed by atoms with Crippen molar-refractivity contribution in [2.24, 2.45) is 28.1 Å². The largest absolute Gasteiger partial charge is 0.461 e. The molecule has 4 nitrogen and oxygen atoms in total. The zero-order chi connectivity index (χ0) is 17.5. The summed E-state index contributed by atoms with van der Waals surface area (Å²) in [6, 6.07) is 0. The van der Waals surface area contributed by atoms with Crippen LogP contribution in [-0.2, 0) is 19.1 Å². The quantitative estimate of drug-likeness (QED) is 0.733. The highest BCUT2D eigenvalue weighted by atomic mass is 16.6. The Balaban J connectivity index is 1.62. The smallest absolute Gasteiger partial charge is 0.312 e. The molecule has 0 aromatic heterocycles. The predicted octanol–water partition coefficient (Wildman–Crippen LogP) is 3.87. The molecule has 1 spiro atoms. The third-order valence-electron chi connectivity index (χ3n) is 8.06. The van der Waals surface area contributed by atoms with Gasteiger partial charge in [-0.05, 0) is 43.9 Å². The van der Waals surface area contributed by atoms with Gasteiger partial charge in [-0.1, -0.05) is 34.1 Å². The van der Waals surface area contributed by atoms with Crippen molar-refractivity contribution < 1.29 is 19.1 Å². The van der Waals surface area contributed by atoms with Crippen molar-refractivity contribution in [1.82, 2.24) is 0 Å². The summed E-state index contributed by atoms with van der Waals surface area (Å²) in [7, 11) is 0. The average Bonchev–Trinajstić information content (AvgIpc) is 3.04. The summed E-state index contributed by atoms with van der Waals surface area (Å²) in [6.45, 7) is 10.5. The minimum atomic E-state index is -0.501. The van der Waals surface area contributed by atoms with Crippen LogP contribution < -0.4 is 0 Å². The van der Waals surface area contributed by atoms with E-state index in [0.29, 0.717) is 12.3 Å². The maximum absolute atomic E-state index is 13.3. The van der Waals surface area contributed by atoms with Crippen LogP contribution in [0.5, 0.6) is 0 Å². The molecule has 0 N–H and O–H groups in total. The van der Waals surface area contributed by atoms with Gasteiger partial charge in [0.05, 0.1) is 16.7 Å². The second-order valence-electron chi connectivity index (χ2n) is 9.95. The number of carbonyl (C=O) groups is 2. The van der Waals surface area contributed by atoms with Gasteiger partial charge in [0.15, 0.2) is 0 Å². The van der Waals surface area contributed by atoms with E-state index < -0.39 is 11.0 Å². The van der Waals surface area contributed by atoms with Gasteiger partial charge in [-0.3, -0.25) is 9.59 Å². The number of rotatable bonds is 4. The molecule has 3 saturated carbocycles. The van der Waals surface area contributed by atoms with Crippen LogP contribution in [0.2, 0.25) is 0 Å². The Bertz CT molecular complexity index is 605. The van der Waals surface area contributed by atoms with Crippen LogP contribution in [0.1, 0.15) is 73.1 Å². The van der Waals surface area contributed by atoms with E-state index in [-0.39, 0.29) is 34.8 Å². The van der Waals surface area contributed by atoms with Crippen LogP contribution in [0, 0.1) is 28.1 Å². The summed E-state index contributed by atoms with van der Waals surface area (Å²) in [4.78, 5) is 25.5. The minimum absolute atomic E-state index is 0.0117. The molecule has 0 aromatic rings. The first kappa shape index (κ1) is 16.4. The molecule has 4 rings (SSSR count). The minimum Gasteiger partial charge on any atom is -0.461 e. The van der Waals surface area contributed by atoms with Gasteiger partial charge in [0.2, 0.25) is 0 Å². The SMILES string of the molecule is CCCC(C)(C(=O)OC12CC3CC4C(=O)OC(C1)C42C3)C(C)(C)C. The Labute approximate surface area is 144 Å². The molecule has 6 unspecified atom stereocenters. The molecule has 2 bridgehead atoms. The average molecular weight is 334 g/mol. The monoisotopic (exact) mass is 334 g/mol. The van der Waals surface area contributed by atoms with Crippen molar-refractivity contribution >= 4 is 11.9 Å². The third kappa shape index (κ3) is 1.65. The van der Waals surface area contributed by atoms with E-state index in [4.69, 9.17) is 9.47 Å². The molecule has 134 valence electrons. The first-order valence-electron chi connectivity index (χ1n) is 9.53. The van der Waals surface area contributed by atoms with Gasteiger partial charge in [-0.25, -0.2) is 0 Å². The van der Waals surface area contributed by atoms with E-state index in [1.165, 1.54) is 0 Å². The Kier molecular flexibility index (Phi) is 3.12. The van der Waals surface area contributed by atoms with Gasteiger partial charge in [0, 0.05) is 6.42 Å².